The largest absolute Gasteiger partial charge is 0.413 e. The zero-order valence-corrected chi connectivity index (χ0v) is 17.6. The Balaban J connectivity index is 1.86. The monoisotopic (exact) mass is 348 g/mol. The molecule has 3 rings (SSSR count). The lowest BCUT2D eigenvalue weighted by Gasteiger charge is -2.51. The van der Waals surface area contributed by atoms with Crippen molar-refractivity contribution >= 4 is 14.1 Å². The highest BCUT2D eigenvalue weighted by atomic mass is 28.4. The Bertz CT molecular complexity index is 543. The van der Waals surface area contributed by atoms with Crippen LogP contribution in [0.4, 0.5) is 0 Å². The second-order valence-electron chi connectivity index (χ2n) is 9.97. The molecule has 2 saturated carbocycles. The van der Waals surface area contributed by atoms with Crippen molar-refractivity contribution in [2.45, 2.75) is 96.9 Å². The van der Waals surface area contributed by atoms with Gasteiger partial charge >= 0.3 is 0 Å². The highest BCUT2D eigenvalue weighted by molar-refractivity contribution is 6.74. The standard InChI is InChI=1S/C21H36O2Si/c1-7-21-13-12-15-14-16(22)8-9-17(15)18(21)10-11-19(21)23-24(5,6)20(2,3)4/h14,17-19H,7-13H2,1-6H3/t17-,18+,19-,21+/m1/s1. The molecule has 0 aromatic heterocycles. The van der Waals surface area contributed by atoms with Gasteiger partial charge in [0.15, 0.2) is 14.1 Å². The van der Waals surface area contributed by atoms with Crippen LogP contribution in [0, 0.1) is 17.3 Å². The molecule has 3 aliphatic carbocycles. The van der Waals surface area contributed by atoms with Gasteiger partial charge in [0.1, 0.15) is 0 Å². The molecule has 3 aliphatic rings. The van der Waals surface area contributed by atoms with Crippen LogP contribution in [0.2, 0.25) is 18.1 Å². The summed E-state index contributed by atoms with van der Waals surface area (Å²) in [6.07, 6.45) is 10.4. The van der Waals surface area contributed by atoms with Crippen LogP contribution in [0.15, 0.2) is 11.6 Å². The van der Waals surface area contributed by atoms with E-state index in [1.807, 2.05) is 6.08 Å². The fraction of sp³-hybridized carbons (Fsp3) is 0.857. The summed E-state index contributed by atoms with van der Waals surface area (Å²) in [5.41, 5.74) is 1.83. The number of allylic oxidation sites excluding steroid dienone is 2. The van der Waals surface area contributed by atoms with Crippen molar-refractivity contribution in [2.75, 3.05) is 0 Å². The number of hydrogen-bond acceptors (Lipinski definition) is 2. The molecule has 0 N–H and O–H groups in total. The Hall–Kier alpha value is -0.413. The zero-order valence-electron chi connectivity index (χ0n) is 16.6. The number of hydrogen-bond donors (Lipinski definition) is 0. The summed E-state index contributed by atoms with van der Waals surface area (Å²) < 4.78 is 6.98. The van der Waals surface area contributed by atoms with Crippen molar-refractivity contribution in [3.63, 3.8) is 0 Å². The predicted octanol–water partition coefficient (Wildman–Crippen LogP) is 5.88. The van der Waals surface area contributed by atoms with Gasteiger partial charge in [-0.1, -0.05) is 33.3 Å². The predicted molar refractivity (Wildman–Crippen MR) is 103 cm³/mol. The van der Waals surface area contributed by atoms with E-state index in [1.165, 1.54) is 31.3 Å². The zero-order chi connectivity index (χ0) is 17.8. The van der Waals surface area contributed by atoms with Crippen molar-refractivity contribution in [3.05, 3.63) is 11.6 Å². The minimum atomic E-state index is -1.73. The van der Waals surface area contributed by atoms with Crippen LogP contribution in [0.5, 0.6) is 0 Å². The maximum atomic E-state index is 11.8. The first-order chi connectivity index (χ1) is 11.1. The Morgan fingerprint density at radius 1 is 1.21 bits per heavy atom. The van der Waals surface area contributed by atoms with E-state index in [2.05, 4.69) is 40.8 Å². The van der Waals surface area contributed by atoms with Crippen molar-refractivity contribution < 1.29 is 9.22 Å². The molecule has 3 heteroatoms. The van der Waals surface area contributed by atoms with E-state index in [0.717, 1.165) is 25.2 Å². The molecule has 0 bridgehead atoms. The molecule has 0 heterocycles. The molecular formula is C21H36O2Si. The highest BCUT2D eigenvalue weighted by Gasteiger charge is 2.56. The van der Waals surface area contributed by atoms with E-state index < -0.39 is 8.32 Å². The van der Waals surface area contributed by atoms with Crippen LogP contribution >= 0.6 is 0 Å². The molecule has 0 aromatic rings. The molecule has 0 aliphatic heterocycles. The molecule has 2 nitrogen and oxygen atoms in total. The molecule has 0 saturated heterocycles. The van der Waals surface area contributed by atoms with Crippen LogP contribution in [0.25, 0.3) is 0 Å². The van der Waals surface area contributed by atoms with Crippen molar-refractivity contribution in [2.24, 2.45) is 17.3 Å². The van der Waals surface area contributed by atoms with E-state index in [9.17, 15) is 4.79 Å². The molecule has 0 amide bonds. The van der Waals surface area contributed by atoms with E-state index in [-0.39, 0.29) is 5.04 Å². The molecule has 0 spiro atoms. The highest BCUT2D eigenvalue weighted by Crippen LogP contribution is 2.61. The molecule has 0 unspecified atom stereocenters. The minimum absolute atomic E-state index is 0.275. The third kappa shape index (κ3) is 2.86. The van der Waals surface area contributed by atoms with Crippen LogP contribution in [0.1, 0.15) is 72.6 Å². The third-order valence-electron chi connectivity index (χ3n) is 7.91. The lowest BCUT2D eigenvalue weighted by atomic mass is 9.57. The second-order valence-corrected chi connectivity index (χ2v) is 14.7. The number of ketones is 1. The van der Waals surface area contributed by atoms with Gasteiger partial charge in [0.2, 0.25) is 0 Å². The summed E-state index contributed by atoms with van der Waals surface area (Å²) >= 11 is 0. The van der Waals surface area contributed by atoms with Crippen molar-refractivity contribution in [3.8, 4) is 0 Å². The Morgan fingerprint density at radius 3 is 2.54 bits per heavy atom. The van der Waals surface area contributed by atoms with Gasteiger partial charge in [-0.15, -0.1) is 0 Å². The third-order valence-corrected chi connectivity index (χ3v) is 12.4. The fourth-order valence-corrected chi connectivity index (χ4v) is 6.85. The van der Waals surface area contributed by atoms with E-state index in [4.69, 9.17) is 4.43 Å². The summed E-state index contributed by atoms with van der Waals surface area (Å²) in [5.74, 6) is 1.76. The smallest absolute Gasteiger partial charge is 0.192 e. The summed E-state index contributed by atoms with van der Waals surface area (Å²) in [5, 5.41) is 0.275. The molecule has 0 radical (unpaired) electrons. The summed E-state index contributed by atoms with van der Waals surface area (Å²) in [7, 11) is -1.73. The molecule has 0 aromatic carbocycles. The van der Waals surface area contributed by atoms with Gasteiger partial charge in [-0.2, -0.15) is 0 Å². The lowest BCUT2D eigenvalue weighted by Crippen LogP contribution is -2.50. The lowest BCUT2D eigenvalue weighted by molar-refractivity contribution is -0.116. The Morgan fingerprint density at radius 2 is 1.92 bits per heavy atom. The molecule has 4 atom stereocenters. The Kier molecular flexibility index (Phi) is 4.66. The number of fused-ring (bicyclic) bond motifs is 3. The first-order valence-electron chi connectivity index (χ1n) is 10.0. The van der Waals surface area contributed by atoms with Crippen LogP contribution in [0.3, 0.4) is 0 Å². The van der Waals surface area contributed by atoms with Gasteiger partial charge in [-0.3, -0.25) is 4.79 Å². The van der Waals surface area contributed by atoms with Crippen molar-refractivity contribution in [1.82, 2.24) is 0 Å². The maximum Gasteiger partial charge on any atom is 0.192 e. The molecule has 24 heavy (non-hydrogen) atoms. The normalized spacial score (nSPS) is 37.0. The number of carbonyl (C=O) groups excluding carboxylic acids is 1. The fourth-order valence-electron chi connectivity index (χ4n) is 5.43. The molecular weight excluding hydrogens is 312 g/mol. The molecule has 136 valence electrons. The van der Waals surface area contributed by atoms with Gasteiger partial charge in [0.25, 0.3) is 0 Å². The van der Waals surface area contributed by atoms with E-state index in [1.54, 1.807) is 0 Å². The minimum Gasteiger partial charge on any atom is -0.413 e. The Labute approximate surface area is 149 Å². The number of rotatable bonds is 3. The van der Waals surface area contributed by atoms with E-state index in [0.29, 0.717) is 23.2 Å². The van der Waals surface area contributed by atoms with Crippen molar-refractivity contribution in [1.29, 1.82) is 0 Å². The SMILES string of the molecule is CC[C@]12CCC3=CC(=O)CC[C@H]3[C@@H]1CC[C@H]2O[Si](C)(C)C(C)(C)C. The number of carbonyl (C=O) groups is 1. The quantitative estimate of drug-likeness (QED) is 0.595. The maximum absolute atomic E-state index is 11.8. The first-order valence-corrected chi connectivity index (χ1v) is 12.9. The van der Waals surface area contributed by atoms with Gasteiger partial charge < -0.3 is 4.43 Å². The van der Waals surface area contributed by atoms with Gasteiger partial charge in [-0.25, -0.2) is 0 Å². The summed E-state index contributed by atoms with van der Waals surface area (Å²) in [4.78, 5) is 11.8. The molecule has 2 fully saturated rings. The van der Waals surface area contributed by atoms with Crippen LogP contribution in [-0.4, -0.2) is 20.2 Å². The van der Waals surface area contributed by atoms with Gasteiger partial charge in [0, 0.05) is 6.42 Å². The average Bonchev–Trinajstić information content (AvgIpc) is 2.84. The summed E-state index contributed by atoms with van der Waals surface area (Å²) in [6, 6.07) is 0. The van der Waals surface area contributed by atoms with Crippen LogP contribution in [-0.2, 0) is 9.22 Å². The first kappa shape index (κ1) is 18.4. The average molecular weight is 349 g/mol. The summed E-state index contributed by atoms with van der Waals surface area (Å²) in [6.45, 7) is 14.2. The van der Waals surface area contributed by atoms with Gasteiger partial charge in [0.05, 0.1) is 6.10 Å². The second kappa shape index (κ2) is 6.09. The topological polar surface area (TPSA) is 26.3 Å². The van der Waals surface area contributed by atoms with Gasteiger partial charge in [-0.05, 0) is 80.0 Å². The van der Waals surface area contributed by atoms with Crippen LogP contribution < -0.4 is 0 Å². The van der Waals surface area contributed by atoms with E-state index >= 15 is 0 Å².